The quantitative estimate of drug-likeness (QED) is 0.133. The van der Waals surface area contributed by atoms with E-state index < -0.39 is 57.6 Å². The van der Waals surface area contributed by atoms with Gasteiger partial charge in [-0.15, -0.1) is 0 Å². The molecule has 0 saturated heterocycles. The molecule has 0 amide bonds. The summed E-state index contributed by atoms with van der Waals surface area (Å²) < 4.78 is 108. The molecule has 0 aliphatic carbocycles. The van der Waals surface area contributed by atoms with Crippen LogP contribution in [0.1, 0.15) is 18.9 Å². The van der Waals surface area contributed by atoms with E-state index >= 15 is 0 Å². The summed E-state index contributed by atoms with van der Waals surface area (Å²) in [6.07, 6.45) is -10.8. The monoisotopic (exact) mass is 632 g/mol. The Kier molecular flexibility index (Phi) is 12.5. The zero-order valence-corrected chi connectivity index (χ0v) is 21.2. The third-order valence-electron chi connectivity index (χ3n) is 4.23. The Morgan fingerprint density at radius 2 is 1.59 bits per heavy atom. The fourth-order valence-corrected chi connectivity index (χ4v) is 4.70. The Hall–Kier alpha value is -1.15. The van der Waals surface area contributed by atoms with Gasteiger partial charge in [-0.05, 0) is 21.8 Å². The second-order valence-electron chi connectivity index (χ2n) is 7.16. The average molecular weight is 632 g/mol. The maximum atomic E-state index is 12.5. The molecule has 1 rings (SSSR count). The average Bonchev–Trinajstić information content (AvgIpc) is 2.73. The van der Waals surface area contributed by atoms with Gasteiger partial charge in [-0.1, -0.05) is 47.7 Å². The Bertz CT molecular complexity index is 821. The molecule has 0 aromatic heterocycles. The Balaban J connectivity index is 2.91. The van der Waals surface area contributed by atoms with Gasteiger partial charge in [0.05, 0.1) is 19.8 Å². The van der Waals surface area contributed by atoms with Gasteiger partial charge >= 0.3 is 19.9 Å². The maximum Gasteiger partial charge on any atom is 0.412 e. The van der Waals surface area contributed by atoms with Gasteiger partial charge in [-0.25, -0.2) is 0 Å². The van der Waals surface area contributed by atoms with E-state index in [0.717, 1.165) is 5.56 Å². The van der Waals surface area contributed by atoms with Gasteiger partial charge in [0, 0.05) is 12.3 Å². The van der Waals surface area contributed by atoms with Crippen LogP contribution in [0.3, 0.4) is 0 Å². The minimum Gasteiger partial charge on any atom is -0.497 e. The number of hydrogen-bond donors (Lipinski definition) is 0. The Labute approximate surface area is 206 Å². The number of halogens is 7. The molecule has 2 atom stereocenters. The molecule has 1 aromatic carbocycles. The van der Waals surface area contributed by atoms with Crippen molar-refractivity contribution in [1.82, 2.24) is 0 Å². The zero-order chi connectivity index (χ0) is 26.0. The van der Waals surface area contributed by atoms with Crippen molar-refractivity contribution in [2.24, 2.45) is 5.92 Å². The first kappa shape index (κ1) is 30.9. The highest BCUT2D eigenvalue weighted by atomic mass is 127. The Morgan fingerprint density at radius 1 is 1.06 bits per heavy atom. The van der Waals surface area contributed by atoms with Crippen molar-refractivity contribution in [1.29, 1.82) is 0 Å². The number of alkyl halides is 6. The van der Waals surface area contributed by atoms with Gasteiger partial charge in [0.15, 0.2) is 13.2 Å². The summed E-state index contributed by atoms with van der Waals surface area (Å²) in [4.78, 5) is 12.5. The van der Waals surface area contributed by atoms with Gasteiger partial charge in [0.25, 0.3) is 0 Å². The van der Waals surface area contributed by atoms with Crippen LogP contribution in [0.5, 0.6) is 5.75 Å². The SMILES string of the molecule is COc1ccc(CO[C@@H](CC(=O)CP(=O)(OCC(F)(F)F)OCC(F)(F)F)[C@H](C)/C=C/I)cc1. The van der Waals surface area contributed by atoms with Crippen LogP contribution >= 0.6 is 30.2 Å². The summed E-state index contributed by atoms with van der Waals surface area (Å²) in [5.74, 6) is -0.669. The molecule has 0 unspecified atom stereocenters. The Morgan fingerprint density at radius 3 is 2.03 bits per heavy atom. The molecule has 1 aromatic rings. The molecular formula is C20H24F6IO6P. The molecule has 14 heteroatoms. The molecule has 0 saturated carbocycles. The van der Waals surface area contributed by atoms with Crippen molar-refractivity contribution in [2.45, 2.75) is 38.4 Å². The molecule has 34 heavy (non-hydrogen) atoms. The van der Waals surface area contributed by atoms with Crippen molar-refractivity contribution >= 4 is 36.0 Å². The van der Waals surface area contributed by atoms with E-state index in [4.69, 9.17) is 9.47 Å². The molecule has 0 bridgehead atoms. The van der Waals surface area contributed by atoms with Crippen molar-refractivity contribution in [3.05, 3.63) is 40.0 Å². The number of hydrogen-bond acceptors (Lipinski definition) is 6. The fourth-order valence-electron chi connectivity index (χ4n) is 2.54. The summed E-state index contributed by atoms with van der Waals surface area (Å²) in [7, 11) is -3.53. The van der Waals surface area contributed by atoms with E-state index in [-0.39, 0.29) is 12.5 Å². The number of methoxy groups -OCH3 is 1. The summed E-state index contributed by atoms with van der Waals surface area (Å²) in [5, 5.41) is 0. The van der Waals surface area contributed by atoms with Crippen LogP contribution in [0.4, 0.5) is 26.3 Å². The lowest BCUT2D eigenvalue weighted by molar-refractivity contribution is -0.165. The lowest BCUT2D eigenvalue weighted by Crippen LogP contribution is -2.27. The number of Topliss-reactive ketones (excluding diaryl/α,β-unsaturated/α-hetero) is 1. The number of carbonyl (C=O) groups is 1. The zero-order valence-electron chi connectivity index (χ0n) is 18.2. The number of ketones is 1. The maximum absolute atomic E-state index is 12.5. The highest BCUT2D eigenvalue weighted by Gasteiger charge is 2.40. The topological polar surface area (TPSA) is 71.1 Å². The molecule has 0 spiro atoms. The second-order valence-corrected chi connectivity index (χ2v) is 9.94. The smallest absolute Gasteiger partial charge is 0.412 e. The minimum atomic E-state index is -5.03. The largest absolute Gasteiger partial charge is 0.497 e. The lowest BCUT2D eigenvalue weighted by Gasteiger charge is -2.24. The molecule has 0 aliphatic heterocycles. The third-order valence-corrected chi connectivity index (χ3v) is 6.43. The van der Waals surface area contributed by atoms with Crippen LogP contribution < -0.4 is 4.74 Å². The predicted molar refractivity (Wildman–Crippen MR) is 120 cm³/mol. The van der Waals surface area contributed by atoms with Crippen LogP contribution in [-0.4, -0.2) is 50.7 Å². The summed E-state index contributed by atoms with van der Waals surface area (Å²) in [5.41, 5.74) is 0.733. The first-order valence-corrected chi connectivity index (χ1v) is 12.7. The third kappa shape index (κ3) is 13.1. The molecule has 6 nitrogen and oxygen atoms in total. The van der Waals surface area contributed by atoms with E-state index in [1.165, 1.54) is 7.11 Å². The normalized spacial score (nSPS) is 14.9. The van der Waals surface area contributed by atoms with E-state index in [9.17, 15) is 35.7 Å². The fraction of sp³-hybridized carbons (Fsp3) is 0.550. The van der Waals surface area contributed by atoms with Crippen LogP contribution in [0, 0.1) is 5.92 Å². The van der Waals surface area contributed by atoms with E-state index in [0.29, 0.717) is 5.75 Å². The number of rotatable bonds is 14. The first-order chi connectivity index (χ1) is 15.7. The molecule has 194 valence electrons. The lowest BCUT2D eigenvalue weighted by atomic mass is 10.00. The van der Waals surface area contributed by atoms with Gasteiger partial charge in [0.2, 0.25) is 0 Å². The van der Waals surface area contributed by atoms with Crippen LogP contribution in [0.25, 0.3) is 0 Å². The summed E-state index contributed by atoms with van der Waals surface area (Å²) in [6, 6.07) is 6.83. The van der Waals surface area contributed by atoms with E-state index in [2.05, 4.69) is 9.05 Å². The summed E-state index contributed by atoms with van der Waals surface area (Å²) >= 11 is 1.94. The standard InChI is InChI=1S/C20H24F6IO6P/c1-14(7-8-27)18(31-10-15-3-5-17(30-2)6-4-15)9-16(28)11-34(29,32-12-19(21,22)23)33-13-20(24,25)26/h3-8,14,18H,9-13H2,1-2H3/b8-7+/t14-,18+/m1/s1. The second kappa shape index (κ2) is 13.8. The molecule has 0 aliphatic rings. The van der Waals surface area contributed by atoms with Crippen LogP contribution in [0.15, 0.2) is 34.4 Å². The molecular weight excluding hydrogens is 608 g/mol. The van der Waals surface area contributed by atoms with Crippen molar-refractivity contribution < 1.29 is 54.2 Å². The van der Waals surface area contributed by atoms with E-state index in [1.807, 2.05) is 22.6 Å². The molecule has 0 heterocycles. The molecule has 0 radical (unpaired) electrons. The van der Waals surface area contributed by atoms with Gasteiger partial charge in [0.1, 0.15) is 17.7 Å². The number of benzene rings is 1. The van der Waals surface area contributed by atoms with Gasteiger partial charge < -0.3 is 9.47 Å². The van der Waals surface area contributed by atoms with Gasteiger partial charge in [-0.2, -0.15) is 26.3 Å². The molecule has 0 N–H and O–H groups in total. The highest BCUT2D eigenvalue weighted by Crippen LogP contribution is 2.50. The van der Waals surface area contributed by atoms with Crippen molar-refractivity contribution in [3.8, 4) is 5.75 Å². The molecule has 0 fully saturated rings. The van der Waals surface area contributed by atoms with Crippen molar-refractivity contribution in [2.75, 3.05) is 26.5 Å². The predicted octanol–water partition coefficient (Wildman–Crippen LogP) is 6.48. The van der Waals surface area contributed by atoms with E-state index in [1.54, 1.807) is 41.3 Å². The number of ether oxygens (including phenoxy) is 2. The minimum absolute atomic E-state index is 0.0637. The van der Waals surface area contributed by atoms with Crippen LogP contribution in [0.2, 0.25) is 0 Å². The number of carbonyl (C=O) groups excluding carboxylic acids is 1. The highest BCUT2D eigenvalue weighted by molar-refractivity contribution is 14.1. The first-order valence-electron chi connectivity index (χ1n) is 9.71. The van der Waals surface area contributed by atoms with Gasteiger partial charge in [-0.3, -0.25) is 18.4 Å². The summed E-state index contributed by atoms with van der Waals surface area (Å²) in [6.45, 7) is -2.48. The van der Waals surface area contributed by atoms with Crippen molar-refractivity contribution in [3.63, 3.8) is 0 Å². The van der Waals surface area contributed by atoms with Crippen LogP contribution in [-0.2, 0) is 29.8 Å².